The van der Waals surface area contributed by atoms with E-state index in [1.54, 1.807) is 0 Å². The minimum Gasteiger partial charge on any atom is -0.380 e. The minimum absolute atomic E-state index is 0.223. The lowest BCUT2D eigenvalue weighted by atomic mass is 9.91. The Morgan fingerprint density at radius 1 is 1.24 bits per heavy atom. The van der Waals surface area contributed by atoms with Crippen molar-refractivity contribution in [3.63, 3.8) is 0 Å². The number of rotatable bonds is 2. The molecule has 0 heterocycles. The van der Waals surface area contributed by atoms with Gasteiger partial charge in [-0.1, -0.05) is 20.8 Å². The summed E-state index contributed by atoms with van der Waals surface area (Å²) in [4.78, 5) is 0. The van der Waals surface area contributed by atoms with Crippen LogP contribution in [0.15, 0.2) is 18.2 Å². The molecule has 0 saturated heterocycles. The molecule has 1 N–H and O–H groups in total. The first kappa shape index (κ1) is 12.3. The third-order valence-electron chi connectivity index (χ3n) is 3.60. The zero-order valence-corrected chi connectivity index (χ0v) is 10.6. The maximum Gasteiger partial charge on any atom is 0.146 e. The fourth-order valence-electron chi connectivity index (χ4n) is 2.89. The molecule has 1 fully saturated rings. The van der Waals surface area contributed by atoms with Crippen molar-refractivity contribution in [3.05, 3.63) is 29.8 Å². The number of nitrogens with one attached hydrogen (secondary N) is 1. The summed E-state index contributed by atoms with van der Waals surface area (Å²) < 4.78 is 26.6. The van der Waals surface area contributed by atoms with E-state index in [1.807, 2.05) is 0 Å². The van der Waals surface area contributed by atoms with Crippen LogP contribution in [0.4, 0.5) is 14.5 Å². The van der Waals surface area contributed by atoms with Crippen LogP contribution in [0.5, 0.6) is 0 Å². The SMILES string of the molecule is CC1CC(C)(C)CC1Nc1cc(F)ccc1F. The van der Waals surface area contributed by atoms with E-state index in [1.165, 1.54) is 12.1 Å². The van der Waals surface area contributed by atoms with Crippen molar-refractivity contribution in [3.8, 4) is 0 Å². The maximum atomic E-state index is 13.5. The minimum atomic E-state index is -0.404. The van der Waals surface area contributed by atoms with Crippen molar-refractivity contribution in [2.75, 3.05) is 5.32 Å². The number of hydrogen-bond donors (Lipinski definition) is 1. The molecule has 0 aliphatic heterocycles. The highest BCUT2D eigenvalue weighted by atomic mass is 19.1. The van der Waals surface area contributed by atoms with Gasteiger partial charge in [-0.2, -0.15) is 0 Å². The van der Waals surface area contributed by atoms with Gasteiger partial charge in [0.1, 0.15) is 11.6 Å². The lowest BCUT2D eigenvalue weighted by molar-refractivity contribution is 0.366. The van der Waals surface area contributed by atoms with Crippen LogP contribution < -0.4 is 5.32 Å². The number of halogens is 2. The van der Waals surface area contributed by atoms with Crippen LogP contribution in [0, 0.1) is 23.0 Å². The van der Waals surface area contributed by atoms with Gasteiger partial charge in [-0.3, -0.25) is 0 Å². The van der Waals surface area contributed by atoms with E-state index in [4.69, 9.17) is 0 Å². The highest BCUT2D eigenvalue weighted by Crippen LogP contribution is 2.42. The second kappa shape index (κ2) is 4.28. The molecule has 0 aromatic heterocycles. The maximum absolute atomic E-state index is 13.5. The zero-order valence-electron chi connectivity index (χ0n) is 10.6. The first-order valence-corrected chi connectivity index (χ1v) is 6.09. The average molecular weight is 239 g/mol. The van der Waals surface area contributed by atoms with Crippen molar-refractivity contribution in [1.29, 1.82) is 0 Å². The van der Waals surface area contributed by atoms with Gasteiger partial charge in [-0.25, -0.2) is 8.78 Å². The van der Waals surface area contributed by atoms with Gasteiger partial charge in [0.2, 0.25) is 0 Å². The van der Waals surface area contributed by atoms with Gasteiger partial charge in [0.05, 0.1) is 5.69 Å². The van der Waals surface area contributed by atoms with Crippen LogP contribution in [0.2, 0.25) is 0 Å². The highest BCUT2D eigenvalue weighted by Gasteiger charge is 2.36. The summed E-state index contributed by atoms with van der Waals surface area (Å²) in [5, 5.41) is 3.14. The van der Waals surface area contributed by atoms with Gasteiger partial charge in [0, 0.05) is 6.04 Å². The molecular weight excluding hydrogens is 220 g/mol. The molecule has 3 heteroatoms. The summed E-state index contributed by atoms with van der Waals surface area (Å²) in [6.45, 7) is 6.59. The van der Waals surface area contributed by atoms with Crippen LogP contribution in [0.1, 0.15) is 33.6 Å². The van der Waals surface area contributed by atoms with E-state index in [-0.39, 0.29) is 23.0 Å². The Labute approximate surface area is 101 Å². The van der Waals surface area contributed by atoms with Gasteiger partial charge in [0.25, 0.3) is 0 Å². The zero-order chi connectivity index (χ0) is 12.6. The molecule has 2 atom stereocenters. The van der Waals surface area contributed by atoms with Crippen molar-refractivity contribution >= 4 is 5.69 Å². The molecule has 1 nitrogen and oxygen atoms in total. The first-order chi connectivity index (χ1) is 7.87. The van der Waals surface area contributed by atoms with Crippen LogP contribution in [0.25, 0.3) is 0 Å². The predicted octanol–water partition coefficient (Wildman–Crippen LogP) is 4.20. The van der Waals surface area contributed by atoms with E-state index in [0.717, 1.165) is 18.9 Å². The Balaban J connectivity index is 2.14. The lowest BCUT2D eigenvalue weighted by Gasteiger charge is -2.20. The van der Waals surface area contributed by atoms with Gasteiger partial charge in [0.15, 0.2) is 0 Å². The average Bonchev–Trinajstić information content (AvgIpc) is 2.46. The molecule has 0 amide bonds. The molecular formula is C14H19F2N. The number of anilines is 1. The third kappa shape index (κ3) is 2.76. The molecule has 1 aliphatic rings. The summed E-state index contributed by atoms with van der Waals surface area (Å²) in [5.74, 6) is -0.310. The molecule has 1 aromatic rings. The summed E-state index contributed by atoms with van der Waals surface area (Å²) in [6, 6.07) is 3.76. The van der Waals surface area contributed by atoms with Crippen molar-refractivity contribution in [1.82, 2.24) is 0 Å². The topological polar surface area (TPSA) is 12.0 Å². The van der Waals surface area contributed by atoms with Crippen LogP contribution in [0.3, 0.4) is 0 Å². The molecule has 2 unspecified atom stereocenters. The standard InChI is InChI=1S/C14H19F2N/c1-9-7-14(2,3)8-13(9)17-12-6-10(15)4-5-11(12)16/h4-6,9,13,17H,7-8H2,1-3H3. The van der Waals surface area contributed by atoms with E-state index < -0.39 is 5.82 Å². The summed E-state index contributed by atoms with van der Waals surface area (Å²) >= 11 is 0. The summed E-state index contributed by atoms with van der Waals surface area (Å²) in [7, 11) is 0. The summed E-state index contributed by atoms with van der Waals surface area (Å²) in [6.07, 6.45) is 2.10. The van der Waals surface area contributed by atoms with E-state index in [2.05, 4.69) is 26.1 Å². The molecule has 2 rings (SSSR count). The molecule has 0 bridgehead atoms. The normalized spacial score (nSPS) is 27.1. The molecule has 1 aliphatic carbocycles. The Kier molecular flexibility index (Phi) is 3.11. The molecule has 0 spiro atoms. The van der Waals surface area contributed by atoms with Crippen molar-refractivity contribution < 1.29 is 8.78 Å². The third-order valence-corrected chi connectivity index (χ3v) is 3.60. The smallest absolute Gasteiger partial charge is 0.146 e. The Morgan fingerprint density at radius 2 is 1.94 bits per heavy atom. The van der Waals surface area contributed by atoms with Crippen molar-refractivity contribution in [2.24, 2.45) is 11.3 Å². The molecule has 1 aromatic carbocycles. The Hall–Kier alpha value is -1.12. The van der Waals surface area contributed by atoms with E-state index >= 15 is 0 Å². The van der Waals surface area contributed by atoms with Crippen molar-refractivity contribution in [2.45, 2.75) is 39.7 Å². The number of benzene rings is 1. The van der Waals surface area contributed by atoms with Crippen LogP contribution >= 0.6 is 0 Å². The van der Waals surface area contributed by atoms with Gasteiger partial charge < -0.3 is 5.32 Å². The van der Waals surface area contributed by atoms with Gasteiger partial charge in [-0.05, 0) is 42.4 Å². The van der Waals surface area contributed by atoms with Crippen LogP contribution in [-0.4, -0.2) is 6.04 Å². The van der Waals surface area contributed by atoms with E-state index in [9.17, 15) is 8.78 Å². The fraction of sp³-hybridized carbons (Fsp3) is 0.571. The molecule has 0 radical (unpaired) electrons. The van der Waals surface area contributed by atoms with Crippen LogP contribution in [-0.2, 0) is 0 Å². The van der Waals surface area contributed by atoms with Gasteiger partial charge >= 0.3 is 0 Å². The quantitative estimate of drug-likeness (QED) is 0.815. The monoisotopic (exact) mass is 239 g/mol. The largest absolute Gasteiger partial charge is 0.380 e. The first-order valence-electron chi connectivity index (χ1n) is 6.09. The number of hydrogen-bond acceptors (Lipinski definition) is 1. The Bertz CT molecular complexity index is 415. The lowest BCUT2D eigenvalue weighted by Crippen LogP contribution is -2.23. The molecule has 17 heavy (non-hydrogen) atoms. The molecule has 94 valence electrons. The molecule has 1 saturated carbocycles. The second-order valence-electron chi connectivity index (χ2n) is 5.92. The summed E-state index contributed by atoms with van der Waals surface area (Å²) in [5.41, 5.74) is 0.556. The Morgan fingerprint density at radius 3 is 2.53 bits per heavy atom. The second-order valence-corrected chi connectivity index (χ2v) is 5.92. The van der Waals surface area contributed by atoms with E-state index in [0.29, 0.717) is 5.92 Å². The fourth-order valence-corrected chi connectivity index (χ4v) is 2.89. The highest BCUT2D eigenvalue weighted by molar-refractivity contribution is 5.46. The predicted molar refractivity (Wildman–Crippen MR) is 65.9 cm³/mol. The van der Waals surface area contributed by atoms with Gasteiger partial charge in [-0.15, -0.1) is 0 Å².